The minimum atomic E-state index is 0.809. The van der Waals surface area contributed by atoms with Crippen LogP contribution in [0, 0.1) is 6.92 Å². The lowest BCUT2D eigenvalue weighted by Crippen LogP contribution is -1.98. The molecule has 0 unspecified atom stereocenters. The van der Waals surface area contributed by atoms with Crippen LogP contribution in [0.3, 0.4) is 0 Å². The van der Waals surface area contributed by atoms with E-state index in [1.807, 2.05) is 26.1 Å². The third kappa shape index (κ3) is 2.78. The Labute approximate surface area is 78.1 Å². The van der Waals surface area contributed by atoms with Crippen LogP contribution in [0.2, 0.25) is 0 Å². The van der Waals surface area contributed by atoms with Gasteiger partial charge in [0.1, 0.15) is 6.26 Å². The monoisotopic (exact) mass is 178 g/mol. The first-order valence-electron chi connectivity index (χ1n) is 4.17. The molecule has 0 aliphatic rings. The summed E-state index contributed by atoms with van der Waals surface area (Å²) in [6.45, 7) is 7.38. The van der Waals surface area contributed by atoms with Crippen molar-refractivity contribution in [2.75, 3.05) is 0 Å². The predicted molar refractivity (Wildman–Crippen MR) is 53.6 cm³/mol. The van der Waals surface area contributed by atoms with Crippen LogP contribution in [-0.2, 0) is 11.3 Å². The molecule has 70 valence electrons. The molecule has 0 spiro atoms. The topological polar surface area (TPSA) is 37.4 Å². The smallest absolute Gasteiger partial charge is 0.114 e. The number of nitrogens with zero attached hydrogens (tertiary/aromatic N) is 1. The highest BCUT2D eigenvalue weighted by molar-refractivity contribution is 5.83. The van der Waals surface area contributed by atoms with Crippen molar-refractivity contribution in [1.82, 2.24) is 4.98 Å². The number of aromatic nitrogens is 1. The Hall–Kier alpha value is -1.51. The number of hydrogen-bond acceptors (Lipinski definition) is 2. The van der Waals surface area contributed by atoms with E-state index in [0.29, 0.717) is 0 Å². The summed E-state index contributed by atoms with van der Waals surface area (Å²) in [5, 5.41) is 3.84. The van der Waals surface area contributed by atoms with Crippen molar-refractivity contribution in [1.29, 1.82) is 0 Å². The first-order valence-corrected chi connectivity index (χ1v) is 4.17. The highest BCUT2D eigenvalue weighted by Crippen LogP contribution is 2.06. The van der Waals surface area contributed by atoms with Crippen molar-refractivity contribution in [2.45, 2.75) is 20.3 Å². The molecule has 1 aromatic rings. The fourth-order valence-electron chi connectivity index (χ4n) is 1.11. The molecule has 0 saturated heterocycles. The summed E-state index contributed by atoms with van der Waals surface area (Å²) < 4.78 is 0. The molecular weight excluding hydrogens is 164 g/mol. The summed E-state index contributed by atoms with van der Waals surface area (Å²) in [6, 6.07) is 2.04. The molecule has 1 aromatic heterocycles. The van der Waals surface area contributed by atoms with Crippen molar-refractivity contribution >= 4 is 5.71 Å². The van der Waals surface area contributed by atoms with Crippen LogP contribution in [0.1, 0.15) is 18.2 Å². The highest BCUT2D eigenvalue weighted by atomic mass is 16.6. The van der Waals surface area contributed by atoms with Crippen molar-refractivity contribution in [3.05, 3.63) is 36.4 Å². The lowest BCUT2D eigenvalue weighted by atomic mass is 10.1. The van der Waals surface area contributed by atoms with Crippen LogP contribution in [0.4, 0.5) is 0 Å². The van der Waals surface area contributed by atoms with Gasteiger partial charge in [0.05, 0.1) is 5.71 Å². The summed E-state index contributed by atoms with van der Waals surface area (Å²) >= 11 is 0. The molecule has 13 heavy (non-hydrogen) atoms. The van der Waals surface area contributed by atoms with Crippen molar-refractivity contribution in [3.63, 3.8) is 0 Å². The van der Waals surface area contributed by atoms with Crippen LogP contribution < -0.4 is 0 Å². The fraction of sp³-hybridized carbons (Fsp3) is 0.300. The second-order valence-electron chi connectivity index (χ2n) is 2.90. The van der Waals surface area contributed by atoms with Crippen LogP contribution in [0.25, 0.3) is 0 Å². The molecule has 0 aromatic carbocycles. The van der Waals surface area contributed by atoms with E-state index in [-0.39, 0.29) is 0 Å². The van der Waals surface area contributed by atoms with Gasteiger partial charge in [0.2, 0.25) is 0 Å². The number of oxime groups is 1. The van der Waals surface area contributed by atoms with Crippen LogP contribution in [-0.4, -0.2) is 10.7 Å². The van der Waals surface area contributed by atoms with Crippen LogP contribution in [0.5, 0.6) is 0 Å². The van der Waals surface area contributed by atoms with E-state index in [1.54, 1.807) is 0 Å². The summed E-state index contributed by atoms with van der Waals surface area (Å²) in [5.41, 5.74) is 3.35. The molecular formula is C10H14N2O. The van der Waals surface area contributed by atoms with E-state index in [4.69, 9.17) is 4.84 Å². The number of rotatable bonds is 4. The van der Waals surface area contributed by atoms with Crippen molar-refractivity contribution in [3.8, 4) is 0 Å². The van der Waals surface area contributed by atoms with Gasteiger partial charge in [0, 0.05) is 18.3 Å². The summed E-state index contributed by atoms with van der Waals surface area (Å²) in [4.78, 5) is 7.84. The average molecular weight is 178 g/mol. The van der Waals surface area contributed by atoms with Gasteiger partial charge >= 0.3 is 0 Å². The Bertz CT molecular complexity index is 312. The second kappa shape index (κ2) is 4.50. The minimum absolute atomic E-state index is 0.809. The maximum atomic E-state index is 4.73. The van der Waals surface area contributed by atoms with E-state index in [9.17, 15) is 0 Å². The molecule has 0 amide bonds. The van der Waals surface area contributed by atoms with Gasteiger partial charge in [-0.15, -0.1) is 0 Å². The highest BCUT2D eigenvalue weighted by Gasteiger charge is 2.00. The number of aromatic amines is 1. The third-order valence-corrected chi connectivity index (χ3v) is 1.80. The second-order valence-corrected chi connectivity index (χ2v) is 2.90. The molecule has 3 heteroatoms. The third-order valence-electron chi connectivity index (χ3n) is 1.80. The van der Waals surface area contributed by atoms with Gasteiger partial charge in [-0.05, 0) is 25.5 Å². The Morgan fingerprint density at radius 3 is 3.08 bits per heavy atom. The summed E-state index contributed by atoms with van der Waals surface area (Å²) in [5.74, 6) is 0. The van der Waals surface area contributed by atoms with Gasteiger partial charge in [-0.25, -0.2) is 0 Å². The molecule has 0 fully saturated rings. The number of hydrogen-bond donors (Lipinski definition) is 1. The average Bonchev–Trinajstić information content (AvgIpc) is 2.48. The lowest BCUT2D eigenvalue weighted by molar-refractivity contribution is 0.268. The molecule has 1 rings (SSSR count). The van der Waals surface area contributed by atoms with Crippen LogP contribution >= 0.6 is 0 Å². The van der Waals surface area contributed by atoms with E-state index in [0.717, 1.165) is 12.1 Å². The largest absolute Gasteiger partial charge is 0.366 e. The van der Waals surface area contributed by atoms with E-state index < -0.39 is 0 Å². The maximum Gasteiger partial charge on any atom is 0.114 e. The Balaban J connectivity index is 2.59. The van der Waals surface area contributed by atoms with Crippen LogP contribution in [0.15, 0.2) is 30.3 Å². The zero-order valence-corrected chi connectivity index (χ0v) is 8.00. The summed E-state index contributed by atoms with van der Waals surface area (Å²) in [6.07, 6.45) is 4.04. The zero-order chi connectivity index (χ0) is 9.68. The van der Waals surface area contributed by atoms with E-state index >= 15 is 0 Å². The fourth-order valence-corrected chi connectivity index (χ4v) is 1.11. The summed E-state index contributed by atoms with van der Waals surface area (Å²) in [7, 11) is 0. The molecule has 1 N–H and O–H groups in total. The standard InChI is InChI=1S/C10H14N2O/c1-4-13-12-8(2)7-10-5-6-11-9(10)3/h4-6,11H,1,7H2,2-3H3/b12-8+. The Morgan fingerprint density at radius 1 is 1.77 bits per heavy atom. The first-order chi connectivity index (χ1) is 6.24. The minimum Gasteiger partial charge on any atom is -0.366 e. The number of nitrogens with one attached hydrogen (secondary N) is 1. The zero-order valence-electron chi connectivity index (χ0n) is 8.00. The number of aryl methyl sites for hydroxylation is 1. The number of H-pyrrole nitrogens is 1. The molecule has 3 nitrogen and oxygen atoms in total. The molecule has 0 saturated carbocycles. The van der Waals surface area contributed by atoms with Gasteiger partial charge in [0.15, 0.2) is 0 Å². The van der Waals surface area contributed by atoms with Gasteiger partial charge in [-0.1, -0.05) is 11.7 Å². The van der Waals surface area contributed by atoms with Crippen molar-refractivity contribution in [2.24, 2.45) is 5.16 Å². The Morgan fingerprint density at radius 2 is 2.54 bits per heavy atom. The van der Waals surface area contributed by atoms with Gasteiger partial charge in [0.25, 0.3) is 0 Å². The van der Waals surface area contributed by atoms with Gasteiger partial charge in [-0.2, -0.15) is 0 Å². The van der Waals surface area contributed by atoms with E-state index in [2.05, 4.69) is 16.7 Å². The molecule has 0 bridgehead atoms. The predicted octanol–water partition coefficient (Wildman–Crippen LogP) is 2.40. The molecule has 0 aliphatic carbocycles. The Kier molecular flexibility index (Phi) is 3.31. The van der Waals surface area contributed by atoms with E-state index in [1.165, 1.54) is 17.5 Å². The normalized spacial score (nSPS) is 11.4. The molecule has 1 heterocycles. The molecule has 0 aliphatic heterocycles. The molecule has 0 radical (unpaired) electrons. The SMILES string of the molecule is C=CO/N=C(\C)Cc1cc[nH]c1C. The maximum absolute atomic E-state index is 4.73. The molecule has 0 atom stereocenters. The quantitative estimate of drug-likeness (QED) is 0.429. The van der Waals surface area contributed by atoms with Gasteiger partial charge < -0.3 is 9.82 Å². The first kappa shape index (κ1) is 9.58. The van der Waals surface area contributed by atoms with Gasteiger partial charge in [-0.3, -0.25) is 0 Å². The lowest BCUT2D eigenvalue weighted by Gasteiger charge is -1.98. The van der Waals surface area contributed by atoms with Crippen molar-refractivity contribution < 1.29 is 4.84 Å².